The molecule has 1 nitrogen and oxygen atoms in total. The van der Waals surface area contributed by atoms with E-state index in [9.17, 15) is 8.78 Å². The van der Waals surface area contributed by atoms with Gasteiger partial charge in [-0.05, 0) is 19.9 Å². The second-order valence-corrected chi connectivity index (χ2v) is 3.73. The van der Waals surface area contributed by atoms with E-state index in [1.807, 2.05) is 13.8 Å². The molecule has 0 radical (unpaired) electrons. The molecular formula is C12H15F2N. The molecule has 0 fully saturated rings. The normalized spacial score (nSPS) is 12.5. The lowest BCUT2D eigenvalue weighted by molar-refractivity contribution is 0.530. The van der Waals surface area contributed by atoms with E-state index in [4.69, 9.17) is 0 Å². The molecule has 82 valence electrons. The molecule has 3 heteroatoms. The van der Waals surface area contributed by atoms with Crippen LogP contribution in [0, 0.1) is 11.6 Å². The first-order valence-electron chi connectivity index (χ1n) is 4.83. The van der Waals surface area contributed by atoms with Crippen LogP contribution in [0.15, 0.2) is 30.4 Å². The minimum atomic E-state index is -0.552. The molecule has 0 saturated carbocycles. The Labute approximate surface area is 88.8 Å². The van der Waals surface area contributed by atoms with Crippen molar-refractivity contribution in [2.45, 2.75) is 19.9 Å². The number of benzene rings is 1. The van der Waals surface area contributed by atoms with Crippen LogP contribution in [0.25, 0.3) is 0 Å². The van der Waals surface area contributed by atoms with Gasteiger partial charge < -0.3 is 5.32 Å². The van der Waals surface area contributed by atoms with Gasteiger partial charge in [0.2, 0.25) is 0 Å². The van der Waals surface area contributed by atoms with Gasteiger partial charge in [0.15, 0.2) is 0 Å². The summed E-state index contributed by atoms with van der Waals surface area (Å²) < 4.78 is 26.0. The molecule has 0 aliphatic heterocycles. The second-order valence-electron chi connectivity index (χ2n) is 3.73. The third-order valence-corrected chi connectivity index (χ3v) is 2.14. The van der Waals surface area contributed by atoms with Gasteiger partial charge in [-0.2, -0.15) is 0 Å². The summed E-state index contributed by atoms with van der Waals surface area (Å²) in [6.07, 6.45) is 0. The largest absolute Gasteiger partial charge is 0.306 e. The van der Waals surface area contributed by atoms with Crippen molar-refractivity contribution in [2.75, 3.05) is 6.54 Å². The van der Waals surface area contributed by atoms with Gasteiger partial charge in [-0.15, -0.1) is 0 Å². The van der Waals surface area contributed by atoms with Crippen LogP contribution in [-0.2, 0) is 0 Å². The summed E-state index contributed by atoms with van der Waals surface area (Å²) in [6, 6.07) is 3.47. The Morgan fingerprint density at radius 2 is 2.13 bits per heavy atom. The molecule has 0 aliphatic carbocycles. The van der Waals surface area contributed by atoms with Crippen LogP contribution in [-0.4, -0.2) is 6.54 Å². The maximum atomic E-state index is 13.3. The highest BCUT2D eigenvalue weighted by Gasteiger charge is 2.10. The summed E-state index contributed by atoms with van der Waals surface area (Å²) in [5, 5.41) is 3.10. The van der Waals surface area contributed by atoms with Gasteiger partial charge in [0.1, 0.15) is 11.6 Å². The van der Waals surface area contributed by atoms with Crippen molar-refractivity contribution in [3.63, 3.8) is 0 Å². The molecule has 0 saturated heterocycles. The first kappa shape index (κ1) is 11.9. The van der Waals surface area contributed by atoms with Crippen LogP contribution in [0.3, 0.4) is 0 Å². The van der Waals surface area contributed by atoms with Gasteiger partial charge in [0.25, 0.3) is 0 Å². The summed E-state index contributed by atoms with van der Waals surface area (Å²) in [6.45, 7) is 8.09. The first-order chi connectivity index (χ1) is 7.00. The Bertz CT molecular complexity index is 361. The molecule has 0 unspecified atom stereocenters. The molecule has 1 aromatic rings. The average molecular weight is 211 g/mol. The Morgan fingerprint density at radius 1 is 1.47 bits per heavy atom. The predicted molar refractivity (Wildman–Crippen MR) is 57.6 cm³/mol. The zero-order valence-corrected chi connectivity index (χ0v) is 8.98. The molecule has 0 bridgehead atoms. The van der Waals surface area contributed by atoms with E-state index in [0.717, 1.165) is 11.6 Å². The maximum absolute atomic E-state index is 13.3. The highest BCUT2D eigenvalue weighted by Crippen LogP contribution is 2.17. The van der Waals surface area contributed by atoms with E-state index in [1.54, 1.807) is 0 Å². The van der Waals surface area contributed by atoms with Crippen LogP contribution >= 0.6 is 0 Å². The number of nitrogens with one attached hydrogen (secondary N) is 1. The monoisotopic (exact) mass is 211 g/mol. The molecule has 0 heterocycles. The van der Waals surface area contributed by atoms with Crippen LogP contribution in [0.5, 0.6) is 0 Å². The molecule has 1 rings (SSSR count). The Morgan fingerprint density at radius 3 is 2.67 bits per heavy atom. The lowest BCUT2D eigenvalue weighted by atomic mass is 10.1. The quantitative estimate of drug-likeness (QED) is 0.754. The molecule has 0 spiro atoms. The number of hydrogen-bond acceptors (Lipinski definition) is 1. The van der Waals surface area contributed by atoms with Gasteiger partial charge in [-0.1, -0.05) is 18.2 Å². The van der Waals surface area contributed by atoms with E-state index in [1.165, 1.54) is 12.1 Å². The number of rotatable bonds is 4. The third kappa shape index (κ3) is 3.44. The molecule has 15 heavy (non-hydrogen) atoms. The Kier molecular flexibility index (Phi) is 3.97. The fraction of sp³-hybridized carbons (Fsp3) is 0.333. The first-order valence-corrected chi connectivity index (χ1v) is 4.83. The standard InChI is InChI=1S/C12H15F2N/c1-8(2)7-15-9(3)11-5-4-10(13)6-12(11)14/h4-6,9,15H,1,7H2,2-3H3/t9-/m0/s1. The molecule has 0 aliphatic rings. The lowest BCUT2D eigenvalue weighted by Crippen LogP contribution is -2.21. The van der Waals surface area contributed by atoms with Gasteiger partial charge in [0, 0.05) is 24.2 Å². The Hall–Kier alpha value is -1.22. The van der Waals surface area contributed by atoms with E-state index >= 15 is 0 Å². The van der Waals surface area contributed by atoms with Crippen LogP contribution < -0.4 is 5.32 Å². The summed E-state index contributed by atoms with van der Waals surface area (Å²) >= 11 is 0. The maximum Gasteiger partial charge on any atom is 0.130 e. The van der Waals surface area contributed by atoms with Crippen LogP contribution in [0.2, 0.25) is 0 Å². The number of hydrogen-bond donors (Lipinski definition) is 1. The molecule has 0 aromatic heterocycles. The van der Waals surface area contributed by atoms with Gasteiger partial charge in [-0.3, -0.25) is 0 Å². The second kappa shape index (κ2) is 5.03. The predicted octanol–water partition coefficient (Wildman–Crippen LogP) is 3.19. The molecular weight excluding hydrogens is 196 g/mol. The molecule has 0 amide bonds. The summed E-state index contributed by atoms with van der Waals surface area (Å²) in [5.41, 5.74) is 1.45. The molecule has 1 aromatic carbocycles. The van der Waals surface area contributed by atoms with Gasteiger partial charge >= 0.3 is 0 Å². The SMILES string of the molecule is C=C(C)CN[C@@H](C)c1ccc(F)cc1F. The fourth-order valence-corrected chi connectivity index (χ4v) is 1.29. The van der Waals surface area contributed by atoms with Crippen molar-refractivity contribution in [1.82, 2.24) is 5.32 Å². The van der Waals surface area contributed by atoms with Gasteiger partial charge in [0.05, 0.1) is 0 Å². The zero-order valence-electron chi connectivity index (χ0n) is 8.98. The summed E-state index contributed by atoms with van der Waals surface area (Å²) in [4.78, 5) is 0. The lowest BCUT2D eigenvalue weighted by Gasteiger charge is -2.14. The summed E-state index contributed by atoms with van der Waals surface area (Å²) in [5.74, 6) is -1.07. The van der Waals surface area contributed by atoms with E-state index in [-0.39, 0.29) is 6.04 Å². The minimum Gasteiger partial charge on any atom is -0.306 e. The van der Waals surface area contributed by atoms with Crippen LogP contribution in [0.4, 0.5) is 8.78 Å². The van der Waals surface area contributed by atoms with Crippen molar-refractivity contribution in [2.24, 2.45) is 0 Å². The highest BCUT2D eigenvalue weighted by atomic mass is 19.1. The minimum absolute atomic E-state index is 0.151. The topological polar surface area (TPSA) is 12.0 Å². The smallest absolute Gasteiger partial charge is 0.130 e. The van der Waals surface area contributed by atoms with Crippen LogP contribution in [0.1, 0.15) is 25.5 Å². The van der Waals surface area contributed by atoms with Crippen molar-refractivity contribution in [3.05, 3.63) is 47.5 Å². The third-order valence-electron chi connectivity index (χ3n) is 2.14. The van der Waals surface area contributed by atoms with E-state index < -0.39 is 11.6 Å². The highest BCUT2D eigenvalue weighted by molar-refractivity contribution is 5.21. The fourth-order valence-electron chi connectivity index (χ4n) is 1.29. The van der Waals surface area contributed by atoms with Crippen molar-refractivity contribution < 1.29 is 8.78 Å². The Balaban J connectivity index is 2.73. The molecule has 1 atom stereocenters. The van der Waals surface area contributed by atoms with Crippen molar-refractivity contribution in [3.8, 4) is 0 Å². The van der Waals surface area contributed by atoms with Crippen molar-refractivity contribution >= 4 is 0 Å². The number of halogens is 2. The van der Waals surface area contributed by atoms with Gasteiger partial charge in [-0.25, -0.2) is 8.78 Å². The van der Waals surface area contributed by atoms with E-state index in [2.05, 4.69) is 11.9 Å². The summed E-state index contributed by atoms with van der Waals surface area (Å²) in [7, 11) is 0. The average Bonchev–Trinajstić information content (AvgIpc) is 2.14. The zero-order chi connectivity index (χ0) is 11.4. The van der Waals surface area contributed by atoms with E-state index in [0.29, 0.717) is 12.1 Å². The molecule has 1 N–H and O–H groups in total. The van der Waals surface area contributed by atoms with Crippen molar-refractivity contribution in [1.29, 1.82) is 0 Å².